The minimum Gasteiger partial charge on any atom is -0.345 e. The molecule has 0 atom stereocenters. The second kappa shape index (κ2) is 7.22. The fraction of sp³-hybridized carbons (Fsp3) is 0. The number of hydrogen-bond acceptors (Lipinski definition) is 5. The summed E-state index contributed by atoms with van der Waals surface area (Å²) < 4.78 is 27.7. The predicted molar refractivity (Wildman–Crippen MR) is 108 cm³/mol. The average molecular weight is 402 g/mol. The first-order chi connectivity index (χ1) is 14.0. The van der Waals surface area contributed by atoms with Gasteiger partial charge in [0.25, 0.3) is 10.0 Å². The number of nitrogens with zero attached hydrogens (tertiary/aromatic N) is 2. The van der Waals surface area contributed by atoms with E-state index in [1.54, 1.807) is 42.7 Å². The van der Waals surface area contributed by atoms with Gasteiger partial charge in [-0.25, -0.2) is 13.4 Å². The molecule has 2 aromatic heterocycles. The Labute approximate surface area is 166 Å². The first kappa shape index (κ1) is 18.4. The van der Waals surface area contributed by atoms with Gasteiger partial charge >= 0.3 is 0 Å². The number of benzene rings is 2. The Morgan fingerprint density at radius 1 is 1.07 bits per heavy atom. The fourth-order valence-electron chi connectivity index (χ4n) is 2.95. The Balaban J connectivity index is 1.63. The van der Waals surface area contributed by atoms with Crippen molar-refractivity contribution >= 4 is 32.5 Å². The van der Waals surface area contributed by atoms with Crippen LogP contribution in [0.5, 0.6) is 0 Å². The average Bonchev–Trinajstić information content (AvgIpc) is 3.17. The highest BCUT2D eigenvalue weighted by Crippen LogP contribution is 2.22. The SMILES string of the molecule is N#Cc1ccc(S(=O)(=O)Nc2cccc(C(=O)c3c[nH]c4ncccc34)c2)cc1. The van der Waals surface area contributed by atoms with Crippen molar-refractivity contribution in [2.75, 3.05) is 4.72 Å². The lowest BCUT2D eigenvalue weighted by Gasteiger charge is -2.09. The molecular formula is C21H14N4O3S. The summed E-state index contributed by atoms with van der Waals surface area (Å²) in [7, 11) is -3.86. The zero-order valence-corrected chi connectivity index (χ0v) is 15.8. The van der Waals surface area contributed by atoms with E-state index in [4.69, 9.17) is 5.26 Å². The molecule has 0 spiro atoms. The number of pyridine rings is 1. The van der Waals surface area contributed by atoms with E-state index in [1.165, 1.54) is 30.3 Å². The molecule has 0 aliphatic rings. The highest BCUT2D eigenvalue weighted by molar-refractivity contribution is 7.92. The van der Waals surface area contributed by atoms with Crippen molar-refractivity contribution in [3.05, 3.63) is 89.7 Å². The van der Waals surface area contributed by atoms with Gasteiger partial charge in [0.2, 0.25) is 0 Å². The summed E-state index contributed by atoms with van der Waals surface area (Å²) in [5.74, 6) is -0.247. The Kier molecular flexibility index (Phi) is 4.58. The molecule has 2 N–H and O–H groups in total. The Morgan fingerprint density at radius 3 is 2.62 bits per heavy atom. The number of nitriles is 1. The zero-order valence-electron chi connectivity index (χ0n) is 15.0. The number of ketones is 1. The van der Waals surface area contributed by atoms with Crippen molar-refractivity contribution in [3.63, 3.8) is 0 Å². The van der Waals surface area contributed by atoms with E-state index in [1.807, 2.05) is 6.07 Å². The van der Waals surface area contributed by atoms with Crippen LogP contribution in [-0.4, -0.2) is 24.2 Å². The Morgan fingerprint density at radius 2 is 1.86 bits per heavy atom. The second-order valence-corrected chi connectivity index (χ2v) is 7.94. The maximum atomic E-state index is 12.9. The van der Waals surface area contributed by atoms with Crippen molar-refractivity contribution < 1.29 is 13.2 Å². The molecule has 0 saturated carbocycles. The molecule has 0 unspecified atom stereocenters. The van der Waals surface area contributed by atoms with E-state index in [-0.39, 0.29) is 16.4 Å². The van der Waals surface area contributed by atoms with E-state index in [0.29, 0.717) is 27.7 Å². The van der Waals surface area contributed by atoms with Gasteiger partial charge in [-0.3, -0.25) is 9.52 Å². The molecule has 0 aliphatic carbocycles. The maximum Gasteiger partial charge on any atom is 0.261 e. The molecule has 142 valence electrons. The fourth-order valence-corrected chi connectivity index (χ4v) is 4.00. The molecule has 0 aliphatic heterocycles. The summed E-state index contributed by atoms with van der Waals surface area (Å²) in [6.07, 6.45) is 3.22. The van der Waals surface area contributed by atoms with E-state index < -0.39 is 10.0 Å². The predicted octanol–water partition coefficient (Wildman–Crippen LogP) is 3.47. The number of aromatic nitrogens is 2. The largest absolute Gasteiger partial charge is 0.345 e. The minimum atomic E-state index is -3.86. The van der Waals surface area contributed by atoms with Crippen LogP contribution in [0.4, 0.5) is 5.69 Å². The molecule has 4 rings (SSSR count). The summed E-state index contributed by atoms with van der Waals surface area (Å²) in [5, 5.41) is 9.54. The third-order valence-electron chi connectivity index (χ3n) is 4.37. The topological polar surface area (TPSA) is 116 Å². The van der Waals surface area contributed by atoms with Crippen molar-refractivity contribution in [1.82, 2.24) is 9.97 Å². The number of hydrogen-bond donors (Lipinski definition) is 2. The van der Waals surface area contributed by atoms with Gasteiger partial charge in [-0.2, -0.15) is 5.26 Å². The van der Waals surface area contributed by atoms with E-state index in [2.05, 4.69) is 14.7 Å². The van der Waals surface area contributed by atoms with Crippen LogP contribution in [-0.2, 0) is 10.0 Å². The van der Waals surface area contributed by atoms with Crippen molar-refractivity contribution in [1.29, 1.82) is 5.26 Å². The highest BCUT2D eigenvalue weighted by Gasteiger charge is 2.17. The van der Waals surface area contributed by atoms with E-state index in [9.17, 15) is 13.2 Å². The Hall–Kier alpha value is -3.96. The maximum absolute atomic E-state index is 12.9. The van der Waals surface area contributed by atoms with Gasteiger partial charge in [0.05, 0.1) is 16.5 Å². The molecule has 0 radical (unpaired) electrons. The third kappa shape index (κ3) is 3.59. The lowest BCUT2D eigenvalue weighted by molar-refractivity contribution is 0.104. The molecule has 0 bridgehead atoms. The summed E-state index contributed by atoms with van der Waals surface area (Å²) in [6.45, 7) is 0. The number of carbonyl (C=O) groups excluding carboxylic acids is 1. The number of aromatic amines is 1. The zero-order chi connectivity index (χ0) is 20.4. The standard InChI is InChI=1S/C21H14N4O3S/c22-12-14-6-8-17(9-7-14)29(27,28)25-16-4-1-3-15(11-16)20(26)19-13-24-21-18(19)5-2-10-23-21/h1-11,13,25H,(H,23,24). The highest BCUT2D eigenvalue weighted by atomic mass is 32.2. The first-order valence-corrected chi connectivity index (χ1v) is 10.1. The number of nitrogens with one attached hydrogen (secondary N) is 2. The number of H-pyrrole nitrogens is 1. The van der Waals surface area contributed by atoms with Gasteiger partial charge in [-0.15, -0.1) is 0 Å². The van der Waals surface area contributed by atoms with E-state index in [0.717, 1.165) is 0 Å². The molecule has 29 heavy (non-hydrogen) atoms. The van der Waals surface area contributed by atoms with Crippen LogP contribution in [0.15, 0.2) is 78.0 Å². The second-order valence-electron chi connectivity index (χ2n) is 6.25. The quantitative estimate of drug-likeness (QED) is 0.496. The van der Waals surface area contributed by atoms with Crippen LogP contribution in [0.1, 0.15) is 21.5 Å². The van der Waals surface area contributed by atoms with Crippen molar-refractivity contribution in [2.45, 2.75) is 4.90 Å². The monoisotopic (exact) mass is 402 g/mol. The molecule has 4 aromatic rings. The molecule has 0 saturated heterocycles. The van der Waals surface area contributed by atoms with Gasteiger partial charge < -0.3 is 4.98 Å². The summed E-state index contributed by atoms with van der Waals surface area (Å²) in [5.41, 5.74) is 2.03. The smallest absolute Gasteiger partial charge is 0.261 e. The van der Waals surface area contributed by atoms with Crippen molar-refractivity contribution in [2.24, 2.45) is 0 Å². The number of carbonyl (C=O) groups is 1. The van der Waals surface area contributed by atoms with Crippen molar-refractivity contribution in [3.8, 4) is 6.07 Å². The number of rotatable bonds is 5. The van der Waals surface area contributed by atoms with Gasteiger partial charge in [0.15, 0.2) is 5.78 Å². The normalized spacial score (nSPS) is 11.1. The van der Waals surface area contributed by atoms with Crippen LogP contribution in [0.2, 0.25) is 0 Å². The van der Waals surface area contributed by atoms with Gasteiger partial charge in [0, 0.05) is 34.6 Å². The summed E-state index contributed by atoms with van der Waals surface area (Å²) in [4.78, 5) is 20.1. The number of sulfonamides is 1. The molecule has 2 aromatic carbocycles. The molecule has 0 amide bonds. The molecule has 0 fully saturated rings. The summed E-state index contributed by atoms with van der Waals surface area (Å²) in [6, 6.07) is 17.3. The van der Waals surface area contributed by atoms with Crippen LogP contribution >= 0.6 is 0 Å². The molecule has 7 nitrogen and oxygen atoms in total. The van der Waals surface area contributed by atoms with Crippen LogP contribution in [0, 0.1) is 11.3 Å². The third-order valence-corrected chi connectivity index (χ3v) is 5.76. The van der Waals surface area contributed by atoms with Crippen LogP contribution in [0.25, 0.3) is 11.0 Å². The molecule has 2 heterocycles. The van der Waals surface area contributed by atoms with Crippen LogP contribution in [0.3, 0.4) is 0 Å². The first-order valence-electron chi connectivity index (χ1n) is 8.58. The minimum absolute atomic E-state index is 0.0240. The van der Waals surface area contributed by atoms with Gasteiger partial charge in [0.1, 0.15) is 5.65 Å². The Bertz CT molecular complexity index is 1370. The van der Waals surface area contributed by atoms with Crippen LogP contribution < -0.4 is 4.72 Å². The summed E-state index contributed by atoms with van der Waals surface area (Å²) >= 11 is 0. The lowest BCUT2D eigenvalue weighted by atomic mass is 10.0. The molecular weight excluding hydrogens is 388 g/mol. The number of anilines is 1. The van der Waals surface area contributed by atoms with Gasteiger partial charge in [-0.1, -0.05) is 12.1 Å². The van der Waals surface area contributed by atoms with E-state index >= 15 is 0 Å². The van der Waals surface area contributed by atoms with Gasteiger partial charge in [-0.05, 0) is 48.5 Å². The molecule has 8 heteroatoms. The number of fused-ring (bicyclic) bond motifs is 1. The lowest BCUT2D eigenvalue weighted by Crippen LogP contribution is -2.13.